The van der Waals surface area contributed by atoms with Crippen molar-refractivity contribution in [3.8, 4) is 5.75 Å². The summed E-state index contributed by atoms with van der Waals surface area (Å²) in [6.45, 7) is 3.72. The Labute approximate surface area is 176 Å². The summed E-state index contributed by atoms with van der Waals surface area (Å²) < 4.78 is 5.67. The number of hydrogen-bond acceptors (Lipinski definition) is 3. The summed E-state index contributed by atoms with van der Waals surface area (Å²) in [5.74, 6) is 1.59. The van der Waals surface area contributed by atoms with Gasteiger partial charge in [0.2, 0.25) is 0 Å². The molecule has 0 atom stereocenters. The first-order valence-corrected chi connectivity index (χ1v) is 10.6. The number of alkyl halides is 1. The second kappa shape index (κ2) is 9.19. The summed E-state index contributed by atoms with van der Waals surface area (Å²) in [7, 11) is 0. The van der Waals surface area contributed by atoms with Crippen LogP contribution in [0.4, 0.5) is 5.69 Å². The number of ether oxygens (including phenoxy) is 1. The van der Waals surface area contributed by atoms with E-state index in [2.05, 4.69) is 17.0 Å². The van der Waals surface area contributed by atoms with Gasteiger partial charge in [0.15, 0.2) is 0 Å². The SMILES string of the molecule is O=C(c1cccc2ccccc12)N1CCN(c2ccc(OCCCCl)cc2)CC1. The Bertz CT molecular complexity index is 961. The van der Waals surface area contributed by atoms with Gasteiger partial charge in [0.1, 0.15) is 5.75 Å². The van der Waals surface area contributed by atoms with Crippen molar-refractivity contribution >= 4 is 34.0 Å². The van der Waals surface area contributed by atoms with Crippen LogP contribution >= 0.6 is 11.6 Å². The van der Waals surface area contributed by atoms with E-state index < -0.39 is 0 Å². The molecule has 0 N–H and O–H groups in total. The number of amides is 1. The Morgan fingerprint density at radius 3 is 2.38 bits per heavy atom. The number of hydrogen-bond donors (Lipinski definition) is 0. The molecule has 0 radical (unpaired) electrons. The van der Waals surface area contributed by atoms with Crippen molar-refractivity contribution < 1.29 is 9.53 Å². The zero-order valence-corrected chi connectivity index (χ0v) is 17.1. The van der Waals surface area contributed by atoms with Crippen LogP contribution in [0, 0.1) is 0 Å². The highest BCUT2D eigenvalue weighted by Gasteiger charge is 2.23. The number of nitrogens with zero attached hydrogens (tertiary/aromatic N) is 2. The number of fused-ring (bicyclic) bond motifs is 1. The van der Waals surface area contributed by atoms with Crippen LogP contribution in [-0.4, -0.2) is 49.5 Å². The van der Waals surface area contributed by atoms with Gasteiger partial charge in [-0.2, -0.15) is 0 Å². The first-order valence-electron chi connectivity index (χ1n) is 10.1. The number of halogens is 1. The van der Waals surface area contributed by atoms with Crippen LogP contribution in [0.15, 0.2) is 66.7 Å². The third kappa shape index (κ3) is 4.48. The predicted octanol–water partition coefficient (Wildman–Crippen LogP) is 4.81. The van der Waals surface area contributed by atoms with Gasteiger partial charge in [-0.05, 0) is 47.5 Å². The minimum atomic E-state index is 0.115. The van der Waals surface area contributed by atoms with Gasteiger partial charge in [-0.1, -0.05) is 36.4 Å². The maximum Gasteiger partial charge on any atom is 0.254 e. The van der Waals surface area contributed by atoms with Gasteiger partial charge >= 0.3 is 0 Å². The molecule has 0 aromatic heterocycles. The molecule has 0 bridgehead atoms. The third-order valence-corrected chi connectivity index (χ3v) is 5.60. The largest absolute Gasteiger partial charge is 0.494 e. The fourth-order valence-electron chi connectivity index (χ4n) is 3.75. The van der Waals surface area contributed by atoms with Crippen molar-refractivity contribution in [1.29, 1.82) is 0 Å². The number of benzene rings is 3. The fraction of sp³-hybridized carbons (Fsp3) is 0.292. The molecule has 1 aliphatic rings. The highest BCUT2D eigenvalue weighted by atomic mass is 35.5. The molecule has 3 aromatic rings. The predicted molar refractivity (Wildman–Crippen MR) is 119 cm³/mol. The fourth-order valence-corrected chi connectivity index (χ4v) is 3.86. The molecule has 5 heteroatoms. The van der Waals surface area contributed by atoms with E-state index in [0.717, 1.165) is 60.4 Å². The average molecular weight is 409 g/mol. The molecule has 4 rings (SSSR count). The Morgan fingerprint density at radius 1 is 0.897 bits per heavy atom. The minimum Gasteiger partial charge on any atom is -0.494 e. The van der Waals surface area contributed by atoms with Crippen LogP contribution in [0.2, 0.25) is 0 Å². The van der Waals surface area contributed by atoms with Crippen LogP contribution in [0.25, 0.3) is 10.8 Å². The number of carbonyl (C=O) groups is 1. The maximum atomic E-state index is 13.1. The molecule has 150 valence electrons. The lowest BCUT2D eigenvalue weighted by atomic mass is 10.0. The van der Waals surface area contributed by atoms with Crippen molar-refractivity contribution in [1.82, 2.24) is 4.90 Å². The summed E-state index contributed by atoms with van der Waals surface area (Å²) >= 11 is 5.68. The summed E-state index contributed by atoms with van der Waals surface area (Å²) in [5.41, 5.74) is 1.95. The van der Waals surface area contributed by atoms with Gasteiger partial charge in [-0.15, -0.1) is 11.6 Å². The first-order chi connectivity index (χ1) is 14.3. The summed E-state index contributed by atoms with van der Waals surface area (Å²) in [5, 5.41) is 2.12. The molecule has 0 unspecified atom stereocenters. The molecule has 3 aromatic carbocycles. The van der Waals surface area contributed by atoms with Gasteiger partial charge in [0.05, 0.1) is 6.61 Å². The number of rotatable bonds is 6. The van der Waals surface area contributed by atoms with E-state index in [-0.39, 0.29) is 5.91 Å². The lowest BCUT2D eigenvalue weighted by Crippen LogP contribution is -2.48. The Kier molecular flexibility index (Phi) is 6.20. The number of anilines is 1. The van der Waals surface area contributed by atoms with Crippen molar-refractivity contribution in [2.45, 2.75) is 6.42 Å². The van der Waals surface area contributed by atoms with E-state index in [1.54, 1.807) is 0 Å². The smallest absolute Gasteiger partial charge is 0.254 e. The summed E-state index contributed by atoms with van der Waals surface area (Å²) in [6.07, 6.45) is 0.843. The second-order valence-corrected chi connectivity index (χ2v) is 7.57. The van der Waals surface area contributed by atoms with Gasteiger partial charge in [-0.3, -0.25) is 4.79 Å². The topological polar surface area (TPSA) is 32.8 Å². The molecule has 1 amide bonds. The number of carbonyl (C=O) groups excluding carboxylic acids is 1. The zero-order chi connectivity index (χ0) is 20.1. The van der Waals surface area contributed by atoms with Gasteiger partial charge in [-0.25, -0.2) is 0 Å². The highest BCUT2D eigenvalue weighted by molar-refractivity contribution is 6.17. The molecule has 1 heterocycles. The Balaban J connectivity index is 1.38. The molecule has 1 saturated heterocycles. The van der Waals surface area contributed by atoms with Gasteiger partial charge in [0.25, 0.3) is 5.91 Å². The third-order valence-electron chi connectivity index (χ3n) is 5.34. The van der Waals surface area contributed by atoms with Crippen LogP contribution in [0.3, 0.4) is 0 Å². The molecule has 1 aliphatic heterocycles. The van der Waals surface area contributed by atoms with Crippen LogP contribution in [0.5, 0.6) is 5.75 Å². The first kappa shape index (κ1) is 19.6. The van der Waals surface area contributed by atoms with Gasteiger partial charge < -0.3 is 14.5 Å². The molecule has 4 nitrogen and oxygen atoms in total. The van der Waals surface area contributed by atoms with E-state index in [1.165, 1.54) is 0 Å². The van der Waals surface area contributed by atoms with Crippen molar-refractivity contribution in [3.05, 3.63) is 72.3 Å². The molecule has 1 fully saturated rings. The molecular formula is C24H25ClN2O2. The summed E-state index contributed by atoms with van der Waals surface area (Å²) in [6, 6.07) is 22.2. The quantitative estimate of drug-likeness (QED) is 0.433. The van der Waals surface area contributed by atoms with Crippen molar-refractivity contribution in [2.75, 3.05) is 43.6 Å². The van der Waals surface area contributed by atoms with E-state index in [9.17, 15) is 4.79 Å². The van der Waals surface area contributed by atoms with E-state index >= 15 is 0 Å². The number of piperazine rings is 1. The van der Waals surface area contributed by atoms with E-state index in [4.69, 9.17) is 16.3 Å². The van der Waals surface area contributed by atoms with Crippen LogP contribution < -0.4 is 9.64 Å². The van der Waals surface area contributed by atoms with E-state index in [0.29, 0.717) is 12.5 Å². The van der Waals surface area contributed by atoms with Crippen LogP contribution in [0.1, 0.15) is 16.8 Å². The summed E-state index contributed by atoms with van der Waals surface area (Å²) in [4.78, 5) is 17.4. The van der Waals surface area contributed by atoms with Crippen molar-refractivity contribution in [3.63, 3.8) is 0 Å². The molecule has 0 spiro atoms. The standard InChI is InChI=1S/C24H25ClN2O2/c25-13-4-18-29-21-11-9-20(10-12-21)26-14-16-27(17-15-26)24(28)23-8-3-6-19-5-1-2-7-22(19)23/h1-3,5-12H,4,13-18H2. The lowest BCUT2D eigenvalue weighted by Gasteiger charge is -2.36. The maximum absolute atomic E-state index is 13.1. The minimum absolute atomic E-state index is 0.115. The molecule has 29 heavy (non-hydrogen) atoms. The Morgan fingerprint density at radius 2 is 1.62 bits per heavy atom. The van der Waals surface area contributed by atoms with E-state index in [1.807, 2.05) is 59.5 Å². The Hall–Kier alpha value is -2.72. The highest BCUT2D eigenvalue weighted by Crippen LogP contribution is 2.23. The second-order valence-electron chi connectivity index (χ2n) is 7.19. The molecule has 0 aliphatic carbocycles. The van der Waals surface area contributed by atoms with Gasteiger partial charge in [0, 0.05) is 43.3 Å². The van der Waals surface area contributed by atoms with Crippen LogP contribution in [-0.2, 0) is 0 Å². The normalized spacial score (nSPS) is 14.2. The lowest BCUT2D eigenvalue weighted by molar-refractivity contribution is 0.0749. The monoisotopic (exact) mass is 408 g/mol. The van der Waals surface area contributed by atoms with Crippen molar-refractivity contribution in [2.24, 2.45) is 0 Å². The average Bonchev–Trinajstić information content (AvgIpc) is 2.79. The molecule has 0 saturated carbocycles. The molecular weight excluding hydrogens is 384 g/mol. The zero-order valence-electron chi connectivity index (χ0n) is 16.4.